The Bertz CT molecular complexity index is 1210. The molecule has 3 rings (SSSR count). The van der Waals surface area contributed by atoms with Gasteiger partial charge in [-0.15, -0.1) is 0 Å². The molecule has 1 N–H and O–H groups in total. The molecule has 0 saturated carbocycles. The molecule has 0 unspecified atom stereocenters. The van der Waals surface area contributed by atoms with Gasteiger partial charge in [0.25, 0.3) is 0 Å². The predicted molar refractivity (Wildman–Crippen MR) is 128 cm³/mol. The molecule has 0 atom stereocenters. The molecule has 0 spiro atoms. The fourth-order valence-electron chi connectivity index (χ4n) is 3.97. The molecule has 34 heavy (non-hydrogen) atoms. The summed E-state index contributed by atoms with van der Waals surface area (Å²) < 4.78 is 67.1. The van der Waals surface area contributed by atoms with Gasteiger partial charge in [-0.05, 0) is 43.2 Å². The highest BCUT2D eigenvalue weighted by Gasteiger charge is 2.31. The first-order valence-electron chi connectivity index (χ1n) is 11.2. The normalized spacial score (nSPS) is 16.0. The molecular formula is C23H30FN3O5S2. The average Bonchev–Trinajstić information content (AvgIpc) is 2.81. The second-order valence-electron chi connectivity index (χ2n) is 8.12. The number of hydrogen-bond acceptors (Lipinski definition) is 5. The van der Waals surface area contributed by atoms with Crippen LogP contribution in [0, 0.1) is 11.7 Å². The number of anilines is 1. The van der Waals surface area contributed by atoms with Crippen LogP contribution in [0.15, 0.2) is 53.4 Å². The van der Waals surface area contributed by atoms with E-state index >= 15 is 0 Å². The second-order valence-corrected chi connectivity index (χ2v) is 12.0. The van der Waals surface area contributed by atoms with E-state index in [1.165, 1.54) is 38.9 Å². The van der Waals surface area contributed by atoms with Gasteiger partial charge in [-0.3, -0.25) is 4.79 Å². The Morgan fingerprint density at radius 2 is 1.59 bits per heavy atom. The maximum absolute atomic E-state index is 13.9. The number of amides is 1. The molecule has 1 heterocycles. The Balaban J connectivity index is 1.57. The van der Waals surface area contributed by atoms with E-state index in [0.29, 0.717) is 31.6 Å². The summed E-state index contributed by atoms with van der Waals surface area (Å²) in [5.74, 6) is -1.60. The summed E-state index contributed by atoms with van der Waals surface area (Å²) in [5.41, 5.74) is 0.590. The van der Waals surface area contributed by atoms with Gasteiger partial charge in [-0.1, -0.05) is 32.0 Å². The molecule has 1 amide bonds. The highest BCUT2D eigenvalue weighted by atomic mass is 32.2. The van der Waals surface area contributed by atoms with Crippen molar-refractivity contribution in [1.29, 1.82) is 0 Å². The largest absolute Gasteiger partial charge is 0.326 e. The number of piperidine rings is 1. The van der Waals surface area contributed by atoms with Crippen LogP contribution in [-0.2, 0) is 30.6 Å². The number of nitrogens with zero attached hydrogens (tertiary/aromatic N) is 2. The molecule has 1 aliphatic heterocycles. The van der Waals surface area contributed by atoms with Crippen LogP contribution in [-0.4, -0.2) is 57.5 Å². The van der Waals surface area contributed by atoms with Gasteiger partial charge >= 0.3 is 0 Å². The van der Waals surface area contributed by atoms with Gasteiger partial charge in [0.05, 0.1) is 10.6 Å². The number of nitrogens with one attached hydrogen (secondary N) is 1. The molecule has 0 bridgehead atoms. The first-order valence-corrected chi connectivity index (χ1v) is 14.3. The summed E-state index contributed by atoms with van der Waals surface area (Å²) in [5, 5.41) is 2.78. The number of sulfonamides is 2. The number of rotatable bonds is 9. The number of carbonyl (C=O) groups excluding carboxylic acids is 1. The van der Waals surface area contributed by atoms with E-state index < -0.39 is 31.6 Å². The predicted octanol–water partition coefficient (Wildman–Crippen LogP) is 3.04. The summed E-state index contributed by atoms with van der Waals surface area (Å²) in [7, 11) is -7.27. The zero-order valence-corrected chi connectivity index (χ0v) is 20.9. The first kappa shape index (κ1) is 26.3. The summed E-state index contributed by atoms with van der Waals surface area (Å²) >= 11 is 0. The Hall–Kier alpha value is -2.34. The lowest BCUT2D eigenvalue weighted by molar-refractivity contribution is -0.120. The van der Waals surface area contributed by atoms with Gasteiger partial charge in [0.2, 0.25) is 26.0 Å². The lowest BCUT2D eigenvalue weighted by atomic mass is 9.97. The Morgan fingerprint density at radius 3 is 2.15 bits per heavy atom. The van der Waals surface area contributed by atoms with Gasteiger partial charge in [-0.2, -0.15) is 4.31 Å². The fourth-order valence-corrected chi connectivity index (χ4v) is 7.00. The van der Waals surface area contributed by atoms with E-state index in [2.05, 4.69) is 5.32 Å². The molecule has 1 saturated heterocycles. The van der Waals surface area contributed by atoms with Gasteiger partial charge in [-0.25, -0.2) is 25.5 Å². The highest BCUT2D eigenvalue weighted by Crippen LogP contribution is 2.24. The highest BCUT2D eigenvalue weighted by molar-refractivity contribution is 7.89. The summed E-state index contributed by atoms with van der Waals surface area (Å²) in [6.45, 7) is 4.63. The quantitative estimate of drug-likeness (QED) is 0.557. The van der Waals surface area contributed by atoms with Crippen LogP contribution in [0.4, 0.5) is 10.1 Å². The van der Waals surface area contributed by atoms with Crippen molar-refractivity contribution in [2.24, 2.45) is 5.92 Å². The van der Waals surface area contributed by atoms with Crippen LogP contribution in [0.5, 0.6) is 0 Å². The van der Waals surface area contributed by atoms with Crippen LogP contribution in [0.1, 0.15) is 32.3 Å². The standard InChI is InChI=1S/C23H30FN3O5S2/c1-3-26(4-2)34(31,32)21-11-9-20(10-12-21)25-23(28)18-13-15-27(16-14-18)33(29,30)17-19-7-5-6-8-22(19)24/h5-12,18H,3-4,13-17H2,1-2H3,(H,25,28). The average molecular weight is 512 g/mol. The van der Waals surface area contributed by atoms with Crippen molar-refractivity contribution in [2.75, 3.05) is 31.5 Å². The molecule has 2 aromatic carbocycles. The molecule has 8 nitrogen and oxygen atoms in total. The number of benzene rings is 2. The minimum atomic E-state index is -3.70. The third kappa shape index (κ3) is 6.01. The lowest BCUT2D eigenvalue weighted by Crippen LogP contribution is -2.42. The van der Waals surface area contributed by atoms with E-state index in [0.717, 1.165) is 0 Å². The van der Waals surface area contributed by atoms with Crippen LogP contribution in [0.3, 0.4) is 0 Å². The molecule has 11 heteroatoms. The van der Waals surface area contributed by atoms with Gasteiger partial charge in [0.15, 0.2) is 0 Å². The van der Waals surface area contributed by atoms with E-state index in [1.807, 2.05) is 0 Å². The van der Waals surface area contributed by atoms with E-state index in [9.17, 15) is 26.0 Å². The number of hydrogen-bond donors (Lipinski definition) is 1. The van der Waals surface area contributed by atoms with Crippen molar-refractivity contribution in [3.63, 3.8) is 0 Å². The van der Waals surface area contributed by atoms with Gasteiger partial charge in [0, 0.05) is 43.3 Å². The van der Waals surface area contributed by atoms with E-state index in [4.69, 9.17) is 0 Å². The van der Waals surface area contributed by atoms with Crippen molar-refractivity contribution < 1.29 is 26.0 Å². The Kier molecular flexibility index (Phi) is 8.45. The van der Waals surface area contributed by atoms with Crippen molar-refractivity contribution >= 4 is 31.6 Å². The topological polar surface area (TPSA) is 104 Å². The maximum atomic E-state index is 13.9. The molecule has 1 fully saturated rings. The van der Waals surface area contributed by atoms with E-state index in [-0.39, 0.29) is 35.4 Å². The lowest BCUT2D eigenvalue weighted by Gasteiger charge is -2.30. The Morgan fingerprint density at radius 1 is 1.00 bits per heavy atom. The minimum absolute atomic E-state index is 0.119. The van der Waals surface area contributed by atoms with Crippen LogP contribution >= 0.6 is 0 Å². The third-order valence-corrected chi connectivity index (χ3v) is 9.87. The van der Waals surface area contributed by atoms with E-state index in [1.54, 1.807) is 32.0 Å². The molecule has 1 aliphatic rings. The zero-order chi connectivity index (χ0) is 24.9. The molecular weight excluding hydrogens is 481 g/mol. The van der Waals surface area contributed by atoms with Crippen LogP contribution in [0.25, 0.3) is 0 Å². The van der Waals surface area contributed by atoms with Crippen LogP contribution < -0.4 is 5.32 Å². The van der Waals surface area contributed by atoms with Gasteiger partial charge in [0.1, 0.15) is 5.82 Å². The molecule has 0 radical (unpaired) electrons. The zero-order valence-electron chi connectivity index (χ0n) is 19.3. The SMILES string of the molecule is CCN(CC)S(=O)(=O)c1ccc(NC(=O)C2CCN(S(=O)(=O)Cc3ccccc3F)CC2)cc1. The summed E-state index contributed by atoms with van der Waals surface area (Å²) in [4.78, 5) is 12.8. The number of halogens is 1. The second kappa shape index (κ2) is 10.9. The molecule has 186 valence electrons. The van der Waals surface area contributed by atoms with Gasteiger partial charge < -0.3 is 5.32 Å². The monoisotopic (exact) mass is 511 g/mol. The number of carbonyl (C=O) groups is 1. The summed E-state index contributed by atoms with van der Waals surface area (Å²) in [6, 6.07) is 11.8. The van der Waals surface area contributed by atoms with Crippen molar-refractivity contribution in [1.82, 2.24) is 8.61 Å². The molecule has 2 aromatic rings. The fraction of sp³-hybridized carbons (Fsp3) is 0.435. The summed E-state index contributed by atoms with van der Waals surface area (Å²) in [6.07, 6.45) is 0.688. The van der Waals surface area contributed by atoms with Crippen molar-refractivity contribution in [3.8, 4) is 0 Å². The molecule has 0 aromatic heterocycles. The van der Waals surface area contributed by atoms with Crippen LogP contribution in [0.2, 0.25) is 0 Å². The maximum Gasteiger partial charge on any atom is 0.243 e. The molecule has 0 aliphatic carbocycles. The smallest absolute Gasteiger partial charge is 0.243 e. The Labute approximate surface area is 200 Å². The van der Waals surface area contributed by atoms with Crippen molar-refractivity contribution in [2.45, 2.75) is 37.3 Å². The first-order chi connectivity index (χ1) is 16.1. The van der Waals surface area contributed by atoms with Crippen molar-refractivity contribution in [3.05, 3.63) is 59.9 Å². The minimum Gasteiger partial charge on any atom is -0.326 e. The third-order valence-electron chi connectivity index (χ3n) is 5.98.